The van der Waals surface area contributed by atoms with Crippen LogP contribution < -0.4 is 10.1 Å². The maximum atomic E-state index is 5.84. The summed E-state index contributed by atoms with van der Waals surface area (Å²) in [6.45, 7) is 8.37. The van der Waals surface area contributed by atoms with Gasteiger partial charge in [-0.3, -0.25) is 0 Å². The highest BCUT2D eigenvalue weighted by Gasteiger charge is 2.25. The number of hydrogen-bond donors (Lipinski definition) is 1. The zero-order valence-corrected chi connectivity index (χ0v) is 11.1. The molecule has 0 heterocycles. The highest BCUT2D eigenvalue weighted by molar-refractivity contribution is 5.26. The molecule has 94 valence electrons. The lowest BCUT2D eigenvalue weighted by Gasteiger charge is -2.25. The zero-order valence-electron chi connectivity index (χ0n) is 11.1. The largest absolute Gasteiger partial charge is 0.493 e. The van der Waals surface area contributed by atoms with E-state index in [1.54, 1.807) is 0 Å². The summed E-state index contributed by atoms with van der Waals surface area (Å²) in [6.07, 6.45) is 2.68. The predicted octanol–water partition coefficient (Wildman–Crippen LogP) is 3.15. The molecule has 17 heavy (non-hydrogen) atoms. The van der Waals surface area contributed by atoms with Crippen molar-refractivity contribution in [1.29, 1.82) is 0 Å². The Bertz CT molecular complexity index is 352. The van der Waals surface area contributed by atoms with Crippen LogP contribution in [0.1, 0.15) is 32.3 Å². The molecule has 1 aliphatic carbocycles. The molecule has 2 rings (SSSR count). The first-order valence-electron chi connectivity index (χ1n) is 6.48. The summed E-state index contributed by atoms with van der Waals surface area (Å²) in [5.74, 6) is 0.968. The van der Waals surface area contributed by atoms with E-state index in [-0.39, 0.29) is 5.41 Å². The Hall–Kier alpha value is -1.02. The van der Waals surface area contributed by atoms with Crippen molar-refractivity contribution in [2.75, 3.05) is 13.2 Å². The number of rotatable bonds is 6. The second-order valence-electron chi connectivity index (χ2n) is 5.92. The fourth-order valence-electron chi connectivity index (χ4n) is 1.67. The van der Waals surface area contributed by atoms with Crippen molar-refractivity contribution in [2.24, 2.45) is 5.41 Å². The van der Waals surface area contributed by atoms with E-state index < -0.39 is 0 Å². The predicted molar refractivity (Wildman–Crippen MR) is 71.5 cm³/mol. The molecule has 1 aliphatic rings. The van der Waals surface area contributed by atoms with Gasteiger partial charge in [-0.2, -0.15) is 0 Å². The van der Waals surface area contributed by atoms with Gasteiger partial charge in [-0.1, -0.05) is 31.5 Å². The Labute approximate surface area is 104 Å². The van der Waals surface area contributed by atoms with Gasteiger partial charge in [-0.15, -0.1) is 0 Å². The number of benzene rings is 1. The second-order valence-corrected chi connectivity index (χ2v) is 5.92. The Morgan fingerprint density at radius 1 is 1.24 bits per heavy atom. The van der Waals surface area contributed by atoms with E-state index >= 15 is 0 Å². The lowest BCUT2D eigenvalue weighted by molar-refractivity contribution is 0.176. The first kappa shape index (κ1) is 12.4. The van der Waals surface area contributed by atoms with Crippen molar-refractivity contribution in [3.63, 3.8) is 0 Å². The molecule has 0 unspecified atom stereocenters. The van der Waals surface area contributed by atoms with Crippen molar-refractivity contribution in [3.8, 4) is 5.75 Å². The highest BCUT2D eigenvalue weighted by atomic mass is 16.5. The summed E-state index contributed by atoms with van der Waals surface area (Å²) in [6, 6.07) is 9.03. The van der Waals surface area contributed by atoms with E-state index in [4.69, 9.17) is 4.74 Å². The summed E-state index contributed by atoms with van der Waals surface area (Å²) in [5.41, 5.74) is 1.46. The maximum absolute atomic E-state index is 5.84. The highest BCUT2D eigenvalue weighted by Crippen LogP contribution is 2.22. The molecule has 0 saturated heterocycles. The van der Waals surface area contributed by atoms with Crippen LogP contribution in [0.3, 0.4) is 0 Å². The van der Waals surface area contributed by atoms with E-state index in [1.165, 1.54) is 18.4 Å². The topological polar surface area (TPSA) is 21.3 Å². The minimum atomic E-state index is 0.188. The van der Waals surface area contributed by atoms with Crippen LogP contribution in [0.5, 0.6) is 5.75 Å². The van der Waals surface area contributed by atoms with Gasteiger partial charge in [0.05, 0.1) is 6.61 Å². The van der Waals surface area contributed by atoms with E-state index in [0.29, 0.717) is 0 Å². The second kappa shape index (κ2) is 5.09. The molecular weight excluding hydrogens is 210 g/mol. The summed E-state index contributed by atoms with van der Waals surface area (Å²) >= 11 is 0. The molecule has 0 aromatic heterocycles. The number of ether oxygens (including phenoxy) is 1. The molecule has 0 amide bonds. The maximum Gasteiger partial charge on any atom is 0.119 e. The monoisotopic (exact) mass is 233 g/mol. The average molecular weight is 233 g/mol. The lowest BCUT2D eigenvalue weighted by atomic mass is 9.95. The number of nitrogens with one attached hydrogen (secondary N) is 1. The van der Waals surface area contributed by atoms with Crippen LogP contribution in [0.2, 0.25) is 0 Å². The molecule has 0 radical (unpaired) electrons. The third kappa shape index (κ3) is 4.39. The molecule has 1 saturated carbocycles. The molecule has 0 atom stereocenters. The zero-order chi connectivity index (χ0) is 12.3. The third-order valence-corrected chi connectivity index (χ3v) is 3.10. The van der Waals surface area contributed by atoms with Gasteiger partial charge in [-0.25, -0.2) is 0 Å². The van der Waals surface area contributed by atoms with Gasteiger partial charge in [0.2, 0.25) is 0 Å². The van der Waals surface area contributed by atoms with Gasteiger partial charge >= 0.3 is 0 Å². The van der Waals surface area contributed by atoms with Crippen LogP contribution in [0.15, 0.2) is 24.3 Å². The van der Waals surface area contributed by atoms with Gasteiger partial charge in [0.15, 0.2) is 0 Å². The van der Waals surface area contributed by atoms with Crippen molar-refractivity contribution in [3.05, 3.63) is 29.8 Å². The van der Waals surface area contributed by atoms with E-state index in [2.05, 4.69) is 38.2 Å². The summed E-state index contributed by atoms with van der Waals surface area (Å²) in [5, 5.41) is 3.56. The van der Waals surface area contributed by atoms with Crippen LogP contribution in [0, 0.1) is 12.3 Å². The minimum Gasteiger partial charge on any atom is -0.493 e. The van der Waals surface area contributed by atoms with Crippen molar-refractivity contribution >= 4 is 0 Å². The van der Waals surface area contributed by atoms with Gasteiger partial charge < -0.3 is 10.1 Å². The summed E-state index contributed by atoms with van der Waals surface area (Å²) in [7, 11) is 0. The molecule has 1 N–H and O–H groups in total. The Kier molecular flexibility index (Phi) is 3.72. The standard InChI is InChI=1S/C15H23NO/c1-12-4-8-14(9-5-12)17-11-15(2,3)10-16-13-6-7-13/h4-5,8-9,13,16H,6-7,10-11H2,1-3H3. The van der Waals surface area contributed by atoms with Crippen molar-refractivity contribution in [1.82, 2.24) is 5.32 Å². The number of aryl methyl sites for hydroxylation is 1. The first-order valence-corrected chi connectivity index (χ1v) is 6.48. The fourth-order valence-corrected chi connectivity index (χ4v) is 1.67. The molecular formula is C15H23NO. The Balaban J connectivity index is 1.76. The normalized spacial score (nSPS) is 15.9. The van der Waals surface area contributed by atoms with Crippen LogP contribution in [-0.4, -0.2) is 19.2 Å². The molecule has 0 spiro atoms. The smallest absolute Gasteiger partial charge is 0.119 e. The van der Waals surface area contributed by atoms with Crippen LogP contribution in [0.25, 0.3) is 0 Å². The fraction of sp³-hybridized carbons (Fsp3) is 0.600. The molecule has 1 fully saturated rings. The van der Waals surface area contributed by atoms with E-state index in [9.17, 15) is 0 Å². The van der Waals surface area contributed by atoms with Gasteiger partial charge in [0, 0.05) is 18.0 Å². The average Bonchev–Trinajstić information content (AvgIpc) is 3.10. The SMILES string of the molecule is Cc1ccc(OCC(C)(C)CNC2CC2)cc1. The van der Waals surface area contributed by atoms with Crippen molar-refractivity contribution in [2.45, 2.75) is 39.7 Å². The summed E-state index contributed by atoms with van der Waals surface area (Å²) in [4.78, 5) is 0. The van der Waals surface area contributed by atoms with Crippen LogP contribution in [-0.2, 0) is 0 Å². The first-order chi connectivity index (χ1) is 8.05. The molecule has 1 aromatic rings. The Morgan fingerprint density at radius 3 is 2.47 bits per heavy atom. The van der Waals surface area contributed by atoms with Gasteiger partial charge in [-0.05, 0) is 31.9 Å². The molecule has 0 bridgehead atoms. The third-order valence-electron chi connectivity index (χ3n) is 3.10. The quantitative estimate of drug-likeness (QED) is 0.815. The Morgan fingerprint density at radius 2 is 1.88 bits per heavy atom. The van der Waals surface area contributed by atoms with Gasteiger partial charge in [0.25, 0.3) is 0 Å². The molecule has 1 aromatic carbocycles. The summed E-state index contributed by atoms with van der Waals surface area (Å²) < 4.78 is 5.84. The minimum absolute atomic E-state index is 0.188. The van der Waals surface area contributed by atoms with Crippen LogP contribution in [0.4, 0.5) is 0 Å². The van der Waals surface area contributed by atoms with Crippen molar-refractivity contribution < 1.29 is 4.74 Å². The molecule has 2 heteroatoms. The number of hydrogen-bond acceptors (Lipinski definition) is 2. The van der Waals surface area contributed by atoms with Gasteiger partial charge in [0.1, 0.15) is 5.75 Å². The lowest BCUT2D eigenvalue weighted by Crippen LogP contribution is -2.35. The van der Waals surface area contributed by atoms with E-state index in [1.807, 2.05) is 12.1 Å². The van der Waals surface area contributed by atoms with Crippen LogP contribution >= 0.6 is 0 Å². The molecule has 0 aliphatic heterocycles. The molecule has 2 nitrogen and oxygen atoms in total. The van der Waals surface area contributed by atoms with E-state index in [0.717, 1.165) is 24.9 Å².